The molecule has 140 valence electrons. The highest BCUT2D eigenvalue weighted by molar-refractivity contribution is 6.00. The minimum Gasteiger partial charge on any atom is -0.371 e. The van der Waals surface area contributed by atoms with Gasteiger partial charge in [0.1, 0.15) is 0 Å². The van der Waals surface area contributed by atoms with Gasteiger partial charge in [-0.25, -0.2) is 0 Å². The smallest absolute Gasteiger partial charge is 0.247 e. The van der Waals surface area contributed by atoms with Crippen LogP contribution in [-0.2, 0) is 20.9 Å². The molecule has 2 heterocycles. The lowest BCUT2D eigenvalue weighted by molar-refractivity contribution is -0.155. The molecule has 1 aromatic carbocycles. The standard InChI is InChI=1S/C22H24N2O3/c1-21(2)18-12-16-17(27-13-15-6-4-3-5-7-15)9-11-24(16)20(26)22(18,14-23)10-8-19(21)25/h3-8,10,16-18H,9,11-13H2,1-2H3/t16-,17-,18-,22-/m0/s1. The van der Waals surface area contributed by atoms with Gasteiger partial charge in [-0.2, -0.15) is 5.26 Å². The van der Waals surface area contributed by atoms with Crippen molar-refractivity contribution in [3.8, 4) is 6.07 Å². The van der Waals surface area contributed by atoms with Crippen LogP contribution in [0.2, 0.25) is 0 Å². The average Bonchev–Trinajstić information content (AvgIpc) is 3.08. The van der Waals surface area contributed by atoms with Gasteiger partial charge in [0.05, 0.1) is 24.8 Å². The van der Waals surface area contributed by atoms with E-state index in [9.17, 15) is 14.9 Å². The van der Waals surface area contributed by atoms with Crippen LogP contribution in [-0.4, -0.2) is 35.3 Å². The summed E-state index contributed by atoms with van der Waals surface area (Å²) in [6.07, 6.45) is 4.28. The Morgan fingerprint density at radius 3 is 2.70 bits per heavy atom. The number of hydrogen-bond donors (Lipinski definition) is 0. The van der Waals surface area contributed by atoms with Crippen molar-refractivity contribution in [1.82, 2.24) is 4.90 Å². The van der Waals surface area contributed by atoms with E-state index in [-0.39, 0.29) is 29.8 Å². The maximum atomic E-state index is 13.3. The van der Waals surface area contributed by atoms with Crippen molar-refractivity contribution in [2.75, 3.05) is 6.54 Å². The molecule has 1 aromatic rings. The van der Waals surface area contributed by atoms with Gasteiger partial charge in [-0.3, -0.25) is 9.59 Å². The van der Waals surface area contributed by atoms with Gasteiger partial charge in [0.15, 0.2) is 11.2 Å². The van der Waals surface area contributed by atoms with E-state index in [1.807, 2.05) is 49.1 Å². The summed E-state index contributed by atoms with van der Waals surface area (Å²) in [4.78, 5) is 27.6. The SMILES string of the molecule is CC1(C)C(=O)C=C[C@@]2(C#N)C(=O)N3CC[C@H](OCc4ccccc4)[C@@H]3C[C@@H]12. The summed E-state index contributed by atoms with van der Waals surface area (Å²) in [6, 6.07) is 12.2. The highest BCUT2D eigenvalue weighted by atomic mass is 16.5. The number of fused-ring (bicyclic) bond motifs is 2. The number of carbonyl (C=O) groups excluding carboxylic acids is 2. The van der Waals surface area contributed by atoms with E-state index in [1.165, 1.54) is 6.08 Å². The van der Waals surface area contributed by atoms with Gasteiger partial charge < -0.3 is 9.64 Å². The number of amides is 1. The lowest BCUT2D eigenvalue weighted by atomic mass is 9.54. The molecule has 2 fully saturated rings. The summed E-state index contributed by atoms with van der Waals surface area (Å²) in [5.41, 5.74) is -0.873. The molecule has 5 nitrogen and oxygen atoms in total. The fraction of sp³-hybridized carbons (Fsp3) is 0.500. The van der Waals surface area contributed by atoms with Crippen LogP contribution in [0.5, 0.6) is 0 Å². The zero-order chi connectivity index (χ0) is 19.2. The second-order valence-electron chi connectivity index (χ2n) is 8.38. The first-order chi connectivity index (χ1) is 12.9. The van der Waals surface area contributed by atoms with E-state index >= 15 is 0 Å². The first-order valence-electron chi connectivity index (χ1n) is 9.51. The number of allylic oxidation sites excluding steroid dienone is 1. The molecular weight excluding hydrogens is 340 g/mol. The Morgan fingerprint density at radius 2 is 2.00 bits per heavy atom. The summed E-state index contributed by atoms with van der Waals surface area (Å²) in [5.74, 6) is -0.518. The van der Waals surface area contributed by atoms with Crippen molar-refractivity contribution in [3.63, 3.8) is 0 Å². The summed E-state index contributed by atoms with van der Waals surface area (Å²) < 4.78 is 6.17. The van der Waals surface area contributed by atoms with E-state index in [0.29, 0.717) is 19.6 Å². The molecule has 2 aliphatic heterocycles. The fourth-order valence-corrected chi connectivity index (χ4v) is 4.95. The molecule has 5 heteroatoms. The number of ketones is 1. The van der Waals surface area contributed by atoms with Crippen molar-refractivity contribution in [1.29, 1.82) is 5.26 Å². The van der Waals surface area contributed by atoms with Crippen LogP contribution in [0, 0.1) is 28.1 Å². The summed E-state index contributed by atoms with van der Waals surface area (Å²) >= 11 is 0. The Bertz CT molecular complexity index is 839. The van der Waals surface area contributed by atoms with Crippen LogP contribution in [0.4, 0.5) is 0 Å². The molecule has 0 bridgehead atoms. The number of nitriles is 1. The minimum absolute atomic E-state index is 0.0145. The highest BCUT2D eigenvalue weighted by Crippen LogP contribution is 2.54. The molecule has 0 saturated carbocycles. The Kier molecular flexibility index (Phi) is 4.20. The van der Waals surface area contributed by atoms with E-state index in [4.69, 9.17) is 4.74 Å². The molecule has 2 saturated heterocycles. The predicted octanol–water partition coefficient (Wildman–Crippen LogP) is 2.87. The summed E-state index contributed by atoms with van der Waals surface area (Å²) in [6.45, 7) is 4.81. The Hall–Kier alpha value is -2.45. The van der Waals surface area contributed by atoms with Crippen LogP contribution in [0.25, 0.3) is 0 Å². The molecule has 3 aliphatic rings. The number of carbonyl (C=O) groups is 2. The van der Waals surface area contributed by atoms with Gasteiger partial charge in [-0.05, 0) is 24.5 Å². The highest BCUT2D eigenvalue weighted by Gasteiger charge is 2.62. The Labute approximate surface area is 159 Å². The first-order valence-corrected chi connectivity index (χ1v) is 9.51. The monoisotopic (exact) mass is 364 g/mol. The van der Waals surface area contributed by atoms with Crippen molar-refractivity contribution in [2.24, 2.45) is 16.7 Å². The quantitative estimate of drug-likeness (QED) is 0.827. The largest absolute Gasteiger partial charge is 0.371 e. The van der Waals surface area contributed by atoms with Crippen LogP contribution in [0.3, 0.4) is 0 Å². The molecule has 0 unspecified atom stereocenters. The zero-order valence-electron chi connectivity index (χ0n) is 15.7. The van der Waals surface area contributed by atoms with Crippen LogP contribution < -0.4 is 0 Å². The van der Waals surface area contributed by atoms with Crippen molar-refractivity contribution >= 4 is 11.7 Å². The van der Waals surface area contributed by atoms with Crippen LogP contribution in [0.15, 0.2) is 42.5 Å². The van der Waals surface area contributed by atoms with Gasteiger partial charge in [0.25, 0.3) is 0 Å². The van der Waals surface area contributed by atoms with Gasteiger partial charge in [0.2, 0.25) is 5.91 Å². The second-order valence-corrected chi connectivity index (χ2v) is 8.38. The van der Waals surface area contributed by atoms with E-state index in [0.717, 1.165) is 12.0 Å². The molecule has 27 heavy (non-hydrogen) atoms. The summed E-state index contributed by atoms with van der Waals surface area (Å²) in [5, 5.41) is 9.91. The maximum Gasteiger partial charge on any atom is 0.247 e. The fourth-order valence-electron chi connectivity index (χ4n) is 4.95. The molecule has 0 radical (unpaired) electrons. The van der Waals surface area contributed by atoms with Gasteiger partial charge in [-0.1, -0.05) is 50.3 Å². The third-order valence-electron chi connectivity index (χ3n) is 6.62. The normalized spacial score (nSPS) is 34.1. The number of piperidine rings is 1. The van der Waals surface area contributed by atoms with Crippen molar-refractivity contribution < 1.29 is 14.3 Å². The number of hydrogen-bond acceptors (Lipinski definition) is 4. The predicted molar refractivity (Wildman–Crippen MR) is 99.2 cm³/mol. The van der Waals surface area contributed by atoms with Crippen LogP contribution in [0.1, 0.15) is 32.3 Å². The Balaban J connectivity index is 1.60. The van der Waals surface area contributed by atoms with Crippen LogP contribution >= 0.6 is 0 Å². The number of nitrogens with zero attached hydrogens (tertiary/aromatic N) is 2. The molecule has 0 N–H and O–H groups in total. The molecule has 0 spiro atoms. The third kappa shape index (κ3) is 2.62. The topological polar surface area (TPSA) is 70.4 Å². The van der Waals surface area contributed by atoms with E-state index in [1.54, 1.807) is 6.08 Å². The minimum atomic E-state index is -1.23. The number of benzene rings is 1. The number of ether oxygens (including phenoxy) is 1. The lowest BCUT2D eigenvalue weighted by Gasteiger charge is -2.51. The maximum absolute atomic E-state index is 13.3. The zero-order valence-corrected chi connectivity index (χ0v) is 15.7. The molecule has 1 amide bonds. The third-order valence-corrected chi connectivity index (χ3v) is 6.62. The van der Waals surface area contributed by atoms with Crippen molar-refractivity contribution in [3.05, 3.63) is 48.0 Å². The van der Waals surface area contributed by atoms with Gasteiger partial charge in [-0.15, -0.1) is 0 Å². The second kappa shape index (κ2) is 6.31. The van der Waals surface area contributed by atoms with E-state index < -0.39 is 10.8 Å². The molecule has 1 aliphatic carbocycles. The van der Waals surface area contributed by atoms with E-state index in [2.05, 4.69) is 6.07 Å². The number of rotatable bonds is 3. The molecule has 0 aromatic heterocycles. The summed E-state index contributed by atoms with van der Waals surface area (Å²) in [7, 11) is 0. The molecule has 4 rings (SSSR count). The van der Waals surface area contributed by atoms with Crippen molar-refractivity contribution in [2.45, 2.75) is 45.4 Å². The van der Waals surface area contributed by atoms with Gasteiger partial charge >= 0.3 is 0 Å². The molecular formula is C22H24N2O3. The Morgan fingerprint density at radius 1 is 1.26 bits per heavy atom. The molecule has 4 atom stereocenters. The lowest BCUT2D eigenvalue weighted by Crippen LogP contribution is -2.61. The average molecular weight is 364 g/mol. The first kappa shape index (κ1) is 17.9. The van der Waals surface area contributed by atoms with Gasteiger partial charge in [0, 0.05) is 17.9 Å².